The molecule has 18 heavy (non-hydrogen) atoms. The molecule has 2 rings (SSSR count). The molecule has 0 radical (unpaired) electrons. The van der Waals surface area contributed by atoms with Crippen LogP contribution in [0.2, 0.25) is 5.15 Å². The average Bonchev–Trinajstić information content (AvgIpc) is 2.71. The fourth-order valence-corrected chi connectivity index (χ4v) is 1.80. The van der Waals surface area contributed by atoms with E-state index in [1.165, 1.54) is 17.8 Å². The van der Waals surface area contributed by atoms with Crippen molar-refractivity contribution in [1.29, 1.82) is 0 Å². The van der Waals surface area contributed by atoms with E-state index in [0.717, 1.165) is 0 Å². The third-order valence-corrected chi connectivity index (χ3v) is 2.53. The van der Waals surface area contributed by atoms with Crippen LogP contribution in [0.1, 0.15) is 22.8 Å². The summed E-state index contributed by atoms with van der Waals surface area (Å²) in [6.07, 6.45) is 2.99. The maximum Gasteiger partial charge on any atom is 0.340 e. The van der Waals surface area contributed by atoms with Gasteiger partial charge in [-0.25, -0.2) is 14.3 Å². The van der Waals surface area contributed by atoms with Crippen LogP contribution in [0.4, 0.5) is 0 Å². The molecule has 0 saturated heterocycles. The van der Waals surface area contributed by atoms with E-state index in [2.05, 4.69) is 10.1 Å². The minimum Gasteiger partial charge on any atom is -0.462 e. The van der Waals surface area contributed by atoms with Crippen molar-refractivity contribution in [1.82, 2.24) is 14.6 Å². The van der Waals surface area contributed by atoms with Crippen molar-refractivity contribution in [2.45, 2.75) is 13.5 Å². The Bertz CT molecular complexity index is 582. The first-order valence-electron chi connectivity index (χ1n) is 5.36. The van der Waals surface area contributed by atoms with Gasteiger partial charge in [-0.2, -0.15) is 5.10 Å². The minimum atomic E-state index is -0.446. The normalized spacial score (nSPS) is 10.8. The first-order chi connectivity index (χ1) is 8.67. The second kappa shape index (κ2) is 5.32. The van der Waals surface area contributed by atoms with Crippen molar-refractivity contribution in [3.63, 3.8) is 0 Å². The Labute approximate surface area is 108 Å². The van der Waals surface area contributed by atoms with Gasteiger partial charge >= 0.3 is 5.97 Å². The molecule has 2 aromatic rings. The molecule has 96 valence electrons. The number of aromatic nitrogens is 3. The summed E-state index contributed by atoms with van der Waals surface area (Å²) in [4.78, 5) is 15.9. The molecule has 0 aromatic carbocycles. The number of ether oxygens (including phenoxy) is 2. The molecule has 0 bridgehead atoms. The standard InChI is InChI=1S/C11H12ClN3O3/c1-3-18-11(16)7-4-13-15-5-9(12)14-10(15)8(7)6-17-2/h4-5H,3,6H2,1-2H3. The third-order valence-electron chi connectivity index (χ3n) is 2.35. The molecule has 0 fully saturated rings. The van der Waals surface area contributed by atoms with E-state index in [1.807, 2.05) is 0 Å². The third kappa shape index (κ3) is 2.30. The first kappa shape index (κ1) is 12.8. The predicted molar refractivity (Wildman–Crippen MR) is 64.7 cm³/mol. The van der Waals surface area contributed by atoms with Gasteiger partial charge in [0, 0.05) is 12.7 Å². The van der Waals surface area contributed by atoms with Gasteiger partial charge in [-0.3, -0.25) is 0 Å². The van der Waals surface area contributed by atoms with Crippen LogP contribution >= 0.6 is 11.6 Å². The fraction of sp³-hybridized carbons (Fsp3) is 0.364. The van der Waals surface area contributed by atoms with E-state index in [-0.39, 0.29) is 6.61 Å². The van der Waals surface area contributed by atoms with Gasteiger partial charge in [0.05, 0.1) is 31.2 Å². The Kier molecular flexibility index (Phi) is 3.78. The van der Waals surface area contributed by atoms with Crippen molar-refractivity contribution < 1.29 is 14.3 Å². The van der Waals surface area contributed by atoms with E-state index in [9.17, 15) is 4.79 Å². The molecular formula is C11H12ClN3O3. The van der Waals surface area contributed by atoms with Crippen LogP contribution in [-0.4, -0.2) is 34.3 Å². The maximum absolute atomic E-state index is 11.8. The number of imidazole rings is 1. The highest BCUT2D eigenvalue weighted by molar-refractivity contribution is 6.29. The fourth-order valence-electron chi connectivity index (χ4n) is 1.63. The van der Waals surface area contributed by atoms with E-state index in [0.29, 0.717) is 28.5 Å². The number of methoxy groups -OCH3 is 1. The van der Waals surface area contributed by atoms with Crippen molar-refractivity contribution >= 4 is 23.2 Å². The van der Waals surface area contributed by atoms with Gasteiger partial charge in [0.1, 0.15) is 5.15 Å². The van der Waals surface area contributed by atoms with Crippen LogP contribution in [0.25, 0.3) is 5.65 Å². The van der Waals surface area contributed by atoms with Gasteiger partial charge in [-0.1, -0.05) is 11.6 Å². The summed E-state index contributed by atoms with van der Waals surface area (Å²) in [6.45, 7) is 2.27. The van der Waals surface area contributed by atoms with Gasteiger partial charge < -0.3 is 9.47 Å². The maximum atomic E-state index is 11.8. The summed E-state index contributed by atoms with van der Waals surface area (Å²) >= 11 is 5.82. The van der Waals surface area contributed by atoms with Crippen LogP contribution in [0.15, 0.2) is 12.4 Å². The van der Waals surface area contributed by atoms with E-state index >= 15 is 0 Å². The monoisotopic (exact) mass is 269 g/mol. The molecule has 2 heterocycles. The van der Waals surface area contributed by atoms with Gasteiger partial charge in [0.15, 0.2) is 5.65 Å². The molecule has 0 atom stereocenters. The summed E-state index contributed by atoms with van der Waals surface area (Å²) in [5, 5.41) is 4.37. The summed E-state index contributed by atoms with van der Waals surface area (Å²) < 4.78 is 11.5. The Balaban J connectivity index is 2.58. The van der Waals surface area contributed by atoms with E-state index in [4.69, 9.17) is 21.1 Å². The van der Waals surface area contributed by atoms with Gasteiger partial charge in [0.2, 0.25) is 0 Å². The summed E-state index contributed by atoms with van der Waals surface area (Å²) in [6, 6.07) is 0. The highest BCUT2D eigenvalue weighted by Crippen LogP contribution is 2.18. The molecular weight excluding hydrogens is 258 g/mol. The molecule has 0 N–H and O–H groups in total. The number of fused-ring (bicyclic) bond motifs is 1. The topological polar surface area (TPSA) is 65.7 Å². The number of carbonyl (C=O) groups is 1. The quantitative estimate of drug-likeness (QED) is 0.791. The predicted octanol–water partition coefficient (Wildman–Crippen LogP) is 1.71. The van der Waals surface area contributed by atoms with Crippen LogP contribution in [0.5, 0.6) is 0 Å². The zero-order valence-corrected chi connectivity index (χ0v) is 10.8. The van der Waals surface area contributed by atoms with Gasteiger partial charge in [-0.15, -0.1) is 0 Å². The molecule has 0 unspecified atom stereocenters. The SMILES string of the molecule is CCOC(=O)c1cnn2cc(Cl)nc2c1COC. The number of carbonyl (C=O) groups excluding carboxylic acids is 1. The van der Waals surface area contributed by atoms with Crippen LogP contribution < -0.4 is 0 Å². The lowest BCUT2D eigenvalue weighted by atomic mass is 10.1. The Hall–Kier alpha value is -1.66. The molecule has 0 amide bonds. The van der Waals surface area contributed by atoms with Gasteiger partial charge in [-0.05, 0) is 6.92 Å². The molecule has 6 nitrogen and oxygen atoms in total. The molecule has 0 aliphatic heterocycles. The summed E-state index contributed by atoms with van der Waals surface area (Å²) in [5.41, 5.74) is 1.44. The van der Waals surface area contributed by atoms with E-state index < -0.39 is 5.97 Å². The number of rotatable bonds is 4. The number of nitrogens with zero attached hydrogens (tertiary/aromatic N) is 3. The van der Waals surface area contributed by atoms with Crippen molar-refractivity contribution in [2.75, 3.05) is 13.7 Å². The second-order valence-electron chi connectivity index (χ2n) is 3.52. The lowest BCUT2D eigenvalue weighted by molar-refractivity contribution is 0.0521. The minimum absolute atomic E-state index is 0.230. The van der Waals surface area contributed by atoms with Crippen LogP contribution in [-0.2, 0) is 16.1 Å². The average molecular weight is 270 g/mol. The molecule has 7 heteroatoms. The molecule has 0 spiro atoms. The zero-order chi connectivity index (χ0) is 13.1. The zero-order valence-electron chi connectivity index (χ0n) is 10.0. The lowest BCUT2D eigenvalue weighted by Crippen LogP contribution is -2.12. The Morgan fingerprint density at radius 3 is 3.00 bits per heavy atom. The van der Waals surface area contributed by atoms with Crippen molar-refractivity contribution in [2.24, 2.45) is 0 Å². The Morgan fingerprint density at radius 2 is 2.33 bits per heavy atom. The molecule has 0 saturated carbocycles. The van der Waals surface area contributed by atoms with Crippen LogP contribution in [0.3, 0.4) is 0 Å². The highest BCUT2D eigenvalue weighted by Gasteiger charge is 2.18. The lowest BCUT2D eigenvalue weighted by Gasteiger charge is -2.08. The number of hydrogen-bond donors (Lipinski definition) is 0. The largest absolute Gasteiger partial charge is 0.462 e. The summed E-state index contributed by atoms with van der Waals surface area (Å²) in [7, 11) is 1.54. The molecule has 0 aliphatic carbocycles. The molecule has 0 aliphatic rings. The van der Waals surface area contributed by atoms with E-state index in [1.54, 1.807) is 13.1 Å². The molecule has 2 aromatic heterocycles. The van der Waals surface area contributed by atoms with Crippen molar-refractivity contribution in [3.05, 3.63) is 28.7 Å². The number of halogens is 1. The second-order valence-corrected chi connectivity index (χ2v) is 3.91. The van der Waals surface area contributed by atoms with Gasteiger partial charge in [0.25, 0.3) is 0 Å². The first-order valence-corrected chi connectivity index (χ1v) is 5.74. The highest BCUT2D eigenvalue weighted by atomic mass is 35.5. The summed E-state index contributed by atoms with van der Waals surface area (Å²) in [5.74, 6) is -0.446. The Morgan fingerprint density at radius 1 is 1.56 bits per heavy atom. The van der Waals surface area contributed by atoms with Crippen LogP contribution in [0, 0.1) is 0 Å². The number of esters is 1. The number of hydrogen-bond acceptors (Lipinski definition) is 5. The van der Waals surface area contributed by atoms with Crippen molar-refractivity contribution in [3.8, 4) is 0 Å². The smallest absolute Gasteiger partial charge is 0.340 e.